The standard InChI is InChI=1S/C31H30F4N4O5/c1-44-24-11-16(14-39-25(40)13-36-30(39)43)4-6-20(24)28(41)38-27-19-8-7-18(21(19)10-15-2-3-15)26(27)29(42)37-17-5-9-23(32)22(12-17)31(33,34)35/h4-6,9-12,15,18-19,26-27H,2-3,7-8,13-14H2,1H3,(H,36,43)(H,37,42)(H,38,41)/b21-10-/t18?,19?,26-,27+/m0/s1. The number of fused-ring (bicyclic) bond motifs is 2. The van der Waals surface area contributed by atoms with Crippen LogP contribution in [-0.4, -0.2) is 48.3 Å². The number of hydrogen-bond donors (Lipinski definition) is 3. The maximum atomic E-state index is 13.9. The van der Waals surface area contributed by atoms with E-state index in [0.29, 0.717) is 30.0 Å². The molecule has 3 saturated carbocycles. The zero-order valence-electron chi connectivity index (χ0n) is 23.7. The van der Waals surface area contributed by atoms with Crippen LogP contribution in [0.5, 0.6) is 5.75 Å². The molecule has 4 atom stereocenters. The molecule has 3 aliphatic carbocycles. The summed E-state index contributed by atoms with van der Waals surface area (Å²) in [7, 11) is 1.38. The first-order valence-electron chi connectivity index (χ1n) is 14.4. The summed E-state index contributed by atoms with van der Waals surface area (Å²) in [4.78, 5) is 52.3. The second-order valence-electron chi connectivity index (χ2n) is 11.7. The summed E-state index contributed by atoms with van der Waals surface area (Å²) >= 11 is 0. The van der Waals surface area contributed by atoms with Crippen molar-refractivity contribution >= 4 is 29.4 Å². The van der Waals surface area contributed by atoms with E-state index in [2.05, 4.69) is 22.0 Å². The molecule has 6 rings (SSSR count). The monoisotopic (exact) mass is 614 g/mol. The minimum absolute atomic E-state index is 0.00763. The molecule has 1 heterocycles. The number of nitrogens with one attached hydrogen (secondary N) is 3. The Bertz CT molecular complexity index is 1550. The highest BCUT2D eigenvalue weighted by Gasteiger charge is 2.55. The largest absolute Gasteiger partial charge is 0.496 e. The van der Waals surface area contributed by atoms with Crippen LogP contribution in [0.15, 0.2) is 48.0 Å². The van der Waals surface area contributed by atoms with Gasteiger partial charge in [0, 0.05) is 17.6 Å². The molecule has 4 aliphatic rings. The number of benzene rings is 2. The molecule has 9 nitrogen and oxygen atoms in total. The van der Waals surface area contributed by atoms with Gasteiger partial charge in [-0.2, -0.15) is 13.2 Å². The van der Waals surface area contributed by atoms with Crippen LogP contribution in [0.3, 0.4) is 0 Å². The van der Waals surface area contributed by atoms with E-state index in [1.807, 2.05) is 0 Å². The quantitative estimate of drug-likeness (QED) is 0.228. The van der Waals surface area contributed by atoms with Crippen molar-refractivity contribution in [3.05, 3.63) is 70.6 Å². The smallest absolute Gasteiger partial charge is 0.419 e. The molecule has 5 amide bonds. The zero-order chi connectivity index (χ0) is 31.3. The first-order chi connectivity index (χ1) is 20.9. The van der Waals surface area contributed by atoms with Gasteiger partial charge in [0.2, 0.25) is 11.8 Å². The van der Waals surface area contributed by atoms with E-state index in [1.54, 1.807) is 12.1 Å². The average Bonchev–Trinajstić information content (AvgIpc) is 3.56. The molecular weight excluding hydrogens is 584 g/mol. The number of rotatable bonds is 8. The molecule has 2 aromatic carbocycles. The number of anilines is 1. The van der Waals surface area contributed by atoms with Crippen LogP contribution >= 0.6 is 0 Å². The number of halogens is 4. The Morgan fingerprint density at radius 3 is 2.48 bits per heavy atom. The number of carbonyl (C=O) groups is 4. The van der Waals surface area contributed by atoms with Gasteiger partial charge in [0.25, 0.3) is 5.91 Å². The van der Waals surface area contributed by atoms with Gasteiger partial charge in [-0.3, -0.25) is 19.3 Å². The van der Waals surface area contributed by atoms with E-state index in [4.69, 9.17) is 4.74 Å². The Hall–Kier alpha value is -4.42. The van der Waals surface area contributed by atoms with Crippen LogP contribution < -0.4 is 20.7 Å². The summed E-state index contributed by atoms with van der Waals surface area (Å²) in [5.41, 5.74) is 0.160. The van der Waals surface area contributed by atoms with E-state index in [0.717, 1.165) is 35.8 Å². The molecule has 44 heavy (non-hydrogen) atoms. The number of hydrogen-bond acceptors (Lipinski definition) is 5. The second-order valence-corrected chi connectivity index (χ2v) is 11.7. The summed E-state index contributed by atoms with van der Waals surface area (Å²) in [5, 5.41) is 7.99. The van der Waals surface area contributed by atoms with Crippen LogP contribution in [0.2, 0.25) is 0 Å². The van der Waals surface area contributed by atoms with E-state index in [-0.39, 0.29) is 47.8 Å². The second kappa shape index (κ2) is 11.3. The van der Waals surface area contributed by atoms with Crippen LogP contribution in [0.1, 0.15) is 47.2 Å². The minimum atomic E-state index is -4.93. The molecule has 0 radical (unpaired) electrons. The molecule has 1 aliphatic heterocycles. The van der Waals surface area contributed by atoms with E-state index < -0.39 is 47.4 Å². The third kappa shape index (κ3) is 5.62. The summed E-state index contributed by atoms with van der Waals surface area (Å²) in [6.45, 7) is -0.0944. The summed E-state index contributed by atoms with van der Waals surface area (Å²) in [6.07, 6.45) is 0.778. The summed E-state index contributed by atoms with van der Waals surface area (Å²) in [6, 6.07) is 5.85. The number of alkyl halides is 3. The predicted molar refractivity (Wildman–Crippen MR) is 149 cm³/mol. The maximum Gasteiger partial charge on any atom is 0.419 e. The van der Waals surface area contributed by atoms with Gasteiger partial charge >= 0.3 is 12.2 Å². The Balaban J connectivity index is 1.24. The van der Waals surface area contributed by atoms with Crippen LogP contribution in [0.25, 0.3) is 0 Å². The molecule has 232 valence electrons. The number of carbonyl (C=O) groups excluding carboxylic acids is 4. The van der Waals surface area contributed by atoms with Crippen LogP contribution in [0, 0.1) is 29.5 Å². The number of urea groups is 1. The van der Waals surface area contributed by atoms with E-state index in [9.17, 15) is 36.7 Å². The van der Waals surface area contributed by atoms with E-state index >= 15 is 0 Å². The molecule has 1 saturated heterocycles. The lowest BCUT2D eigenvalue weighted by Crippen LogP contribution is -2.48. The zero-order valence-corrected chi connectivity index (χ0v) is 23.7. The lowest BCUT2D eigenvalue weighted by atomic mass is 9.83. The van der Waals surface area contributed by atoms with Crippen LogP contribution in [-0.2, 0) is 22.3 Å². The molecule has 0 spiro atoms. The maximum absolute atomic E-state index is 13.9. The lowest BCUT2D eigenvalue weighted by molar-refractivity contribution is -0.140. The fourth-order valence-corrected chi connectivity index (χ4v) is 6.65. The lowest BCUT2D eigenvalue weighted by Gasteiger charge is -2.30. The number of methoxy groups -OCH3 is 1. The molecule has 2 aromatic rings. The number of allylic oxidation sites excluding steroid dienone is 1. The van der Waals surface area contributed by atoms with Crippen LogP contribution in [0.4, 0.5) is 28.0 Å². The normalized spacial score (nSPS) is 25.4. The third-order valence-electron chi connectivity index (χ3n) is 8.88. The van der Waals surface area contributed by atoms with Gasteiger partial charge < -0.3 is 20.7 Å². The molecule has 2 bridgehead atoms. The predicted octanol–water partition coefficient (Wildman–Crippen LogP) is 4.63. The van der Waals surface area contributed by atoms with E-state index in [1.165, 1.54) is 13.2 Å². The van der Waals surface area contributed by atoms with Gasteiger partial charge in [-0.15, -0.1) is 0 Å². The number of amides is 5. The van der Waals surface area contributed by atoms with Crippen molar-refractivity contribution in [3.63, 3.8) is 0 Å². The van der Waals surface area contributed by atoms with Gasteiger partial charge in [-0.25, -0.2) is 9.18 Å². The van der Waals surface area contributed by atoms with Crippen molar-refractivity contribution in [1.29, 1.82) is 0 Å². The Morgan fingerprint density at radius 2 is 1.82 bits per heavy atom. The topological polar surface area (TPSA) is 117 Å². The number of imide groups is 1. The first-order valence-corrected chi connectivity index (χ1v) is 14.4. The summed E-state index contributed by atoms with van der Waals surface area (Å²) in [5.74, 6) is -3.33. The van der Waals surface area contributed by atoms with Gasteiger partial charge in [-0.1, -0.05) is 17.7 Å². The van der Waals surface area contributed by atoms with Gasteiger partial charge in [0.05, 0.1) is 37.2 Å². The van der Waals surface area contributed by atoms with Gasteiger partial charge in [0.1, 0.15) is 11.6 Å². The molecule has 4 fully saturated rings. The Morgan fingerprint density at radius 1 is 1.07 bits per heavy atom. The summed E-state index contributed by atoms with van der Waals surface area (Å²) < 4.78 is 59.2. The first kappa shape index (κ1) is 29.6. The molecule has 13 heteroatoms. The highest BCUT2D eigenvalue weighted by molar-refractivity contribution is 6.02. The van der Waals surface area contributed by atoms with Gasteiger partial charge in [-0.05, 0) is 73.4 Å². The van der Waals surface area contributed by atoms with Crippen molar-refractivity contribution in [1.82, 2.24) is 15.5 Å². The Labute approximate surface area is 250 Å². The third-order valence-corrected chi connectivity index (χ3v) is 8.88. The molecule has 3 N–H and O–H groups in total. The van der Waals surface area contributed by atoms with Crippen molar-refractivity contribution in [2.24, 2.45) is 23.7 Å². The van der Waals surface area contributed by atoms with Crippen molar-refractivity contribution in [2.75, 3.05) is 19.0 Å². The van der Waals surface area contributed by atoms with Gasteiger partial charge in [0.15, 0.2) is 0 Å². The molecular formula is C31H30F4N4O5. The highest BCUT2D eigenvalue weighted by Crippen LogP contribution is 2.54. The molecule has 0 aromatic heterocycles. The SMILES string of the molecule is COc1cc(CN2C(=O)CNC2=O)ccc1C(=O)N[C@@H]1C2CCC(/C2=C/C2CC2)[C@@H]1C(=O)Nc1ccc(F)c(C(F)(F)F)c1. The fourth-order valence-electron chi connectivity index (χ4n) is 6.65. The van der Waals surface area contributed by atoms with Crippen molar-refractivity contribution in [3.8, 4) is 5.75 Å². The minimum Gasteiger partial charge on any atom is -0.496 e. The molecule has 2 unspecified atom stereocenters. The Kier molecular flexibility index (Phi) is 7.58. The average molecular weight is 615 g/mol. The highest BCUT2D eigenvalue weighted by atomic mass is 19.4. The number of nitrogens with zero attached hydrogens (tertiary/aromatic N) is 1. The fraction of sp³-hybridized carbons (Fsp3) is 0.419. The van der Waals surface area contributed by atoms with Crippen molar-refractivity contribution < 1.29 is 41.5 Å². The number of ether oxygens (including phenoxy) is 1. The van der Waals surface area contributed by atoms with Crippen molar-refractivity contribution in [2.45, 2.75) is 44.4 Å².